The second kappa shape index (κ2) is 7.56. The first kappa shape index (κ1) is 15.3. The number of rotatable bonds is 3. The molecule has 0 spiro atoms. The third-order valence-electron chi connectivity index (χ3n) is 3.67. The number of thioether (sulfide) groups is 1. The van der Waals surface area contributed by atoms with Crippen LogP contribution in [0.25, 0.3) is 0 Å². The van der Waals surface area contributed by atoms with Crippen molar-refractivity contribution >= 4 is 33.0 Å². The molecular formula is C18H19NOS2+2. The van der Waals surface area contributed by atoms with Gasteiger partial charge in [0.2, 0.25) is 0 Å². The maximum atomic E-state index is 9.62. The van der Waals surface area contributed by atoms with Gasteiger partial charge in [-0.3, -0.25) is 5.21 Å². The average Bonchev–Trinajstić information content (AvgIpc) is 2.74. The van der Waals surface area contributed by atoms with Gasteiger partial charge in [-0.05, 0) is 28.8 Å². The molecular weight excluding hydrogens is 310 g/mol. The molecule has 0 saturated carbocycles. The molecule has 4 heteroatoms. The molecule has 0 saturated heterocycles. The highest BCUT2D eigenvalue weighted by Gasteiger charge is 2.32. The minimum Gasteiger partial charge on any atom is -0.292 e. The molecule has 1 aliphatic rings. The molecule has 0 bridgehead atoms. The first-order valence-corrected chi connectivity index (χ1v) is 9.38. The first-order chi connectivity index (χ1) is 10.9. The van der Waals surface area contributed by atoms with Crippen LogP contribution in [-0.4, -0.2) is 26.6 Å². The summed E-state index contributed by atoms with van der Waals surface area (Å²) in [5, 5.41) is 12.1. The van der Waals surface area contributed by atoms with Gasteiger partial charge in [-0.15, -0.1) is 0 Å². The Labute approximate surface area is 139 Å². The van der Waals surface area contributed by atoms with Gasteiger partial charge in [-0.25, -0.2) is 0 Å². The van der Waals surface area contributed by atoms with E-state index in [9.17, 15) is 5.21 Å². The van der Waals surface area contributed by atoms with E-state index in [1.54, 1.807) is 0 Å². The Morgan fingerprint density at radius 2 is 1.82 bits per heavy atom. The lowest BCUT2D eigenvalue weighted by Gasteiger charge is -2.01. The van der Waals surface area contributed by atoms with Gasteiger partial charge in [0.1, 0.15) is 0 Å². The van der Waals surface area contributed by atoms with Gasteiger partial charge in [0.05, 0.1) is 5.56 Å². The Kier molecular flexibility index (Phi) is 5.24. The summed E-state index contributed by atoms with van der Waals surface area (Å²) >= 11 is 3.65. The Morgan fingerprint density at radius 3 is 2.64 bits per heavy atom. The number of fused-ring (bicyclic) bond motifs is 1. The predicted molar refractivity (Wildman–Crippen MR) is 96.8 cm³/mol. The molecule has 2 nitrogen and oxygen atoms in total. The summed E-state index contributed by atoms with van der Waals surface area (Å²) in [6, 6.07) is 18.8. The van der Waals surface area contributed by atoms with Crippen LogP contribution in [0.4, 0.5) is 0 Å². The molecule has 1 heterocycles. The largest absolute Gasteiger partial charge is 0.333 e. The van der Waals surface area contributed by atoms with Crippen LogP contribution >= 0.6 is 11.8 Å². The fraction of sp³-hybridized carbons (Fsp3) is 0.222. The maximum absolute atomic E-state index is 9.62. The van der Waals surface area contributed by atoms with E-state index in [-0.39, 0.29) is 0 Å². The van der Waals surface area contributed by atoms with E-state index in [1.165, 1.54) is 15.3 Å². The van der Waals surface area contributed by atoms with Crippen LogP contribution in [0.2, 0.25) is 0 Å². The molecule has 1 aliphatic heterocycles. The van der Waals surface area contributed by atoms with Crippen LogP contribution in [0.3, 0.4) is 0 Å². The summed E-state index contributed by atoms with van der Waals surface area (Å²) in [5.41, 5.74) is 4.63. The summed E-state index contributed by atoms with van der Waals surface area (Å²) in [6.45, 7) is 0. The zero-order valence-electron chi connectivity index (χ0n) is 12.3. The highest BCUT2D eigenvalue weighted by Crippen LogP contribution is 2.18. The van der Waals surface area contributed by atoms with Gasteiger partial charge in [0.15, 0.2) is 17.1 Å². The summed E-state index contributed by atoms with van der Waals surface area (Å²) < 4.78 is 1.18. The molecule has 0 atom stereocenters. The standard InChI is InChI=1S/C18H17NOS2/c20-19-17-16-9-5-4-8-15(16)11-13-22-18(17)21-12-10-14-6-2-1-3-7-14/h1-9H,10-13H2/p+2/b19-17+. The van der Waals surface area contributed by atoms with Crippen LogP contribution in [0.5, 0.6) is 0 Å². The normalized spacial score (nSPS) is 16.0. The fourth-order valence-electron chi connectivity index (χ4n) is 2.54. The highest BCUT2D eigenvalue weighted by atomic mass is 32.2. The topological polar surface area (TPSA) is 34.2 Å². The molecule has 112 valence electrons. The molecule has 0 amide bonds. The van der Waals surface area contributed by atoms with Crippen molar-refractivity contribution < 1.29 is 10.4 Å². The monoisotopic (exact) mass is 329 g/mol. The SMILES string of the molecule is O/[NH+]=C1/C(SCCc2ccccc2)=[S+]CCc2ccccc21. The van der Waals surface area contributed by atoms with Crippen LogP contribution in [0.15, 0.2) is 54.6 Å². The molecule has 0 fully saturated rings. The van der Waals surface area contributed by atoms with E-state index in [0.29, 0.717) is 0 Å². The van der Waals surface area contributed by atoms with Crippen molar-refractivity contribution in [2.24, 2.45) is 0 Å². The number of benzene rings is 2. The third-order valence-corrected chi connectivity index (χ3v) is 6.13. The molecule has 2 N–H and O–H groups in total. The molecule has 0 aromatic heterocycles. The molecule has 3 rings (SSSR count). The number of aryl methyl sites for hydroxylation is 2. The van der Waals surface area contributed by atoms with E-state index >= 15 is 0 Å². The Bertz CT molecular complexity index is 695. The summed E-state index contributed by atoms with van der Waals surface area (Å²) in [7, 11) is 0. The van der Waals surface area contributed by atoms with Crippen molar-refractivity contribution in [2.45, 2.75) is 12.8 Å². The van der Waals surface area contributed by atoms with Crippen LogP contribution in [-0.2, 0) is 24.2 Å². The van der Waals surface area contributed by atoms with E-state index in [4.69, 9.17) is 0 Å². The van der Waals surface area contributed by atoms with E-state index in [2.05, 4.69) is 47.6 Å². The van der Waals surface area contributed by atoms with Gasteiger partial charge in [0, 0.05) is 12.2 Å². The van der Waals surface area contributed by atoms with Crippen molar-refractivity contribution in [3.05, 3.63) is 71.3 Å². The zero-order chi connectivity index (χ0) is 15.2. The van der Waals surface area contributed by atoms with Crippen molar-refractivity contribution in [1.82, 2.24) is 0 Å². The maximum Gasteiger partial charge on any atom is 0.333 e. The highest BCUT2D eigenvalue weighted by molar-refractivity contribution is 8.24. The lowest BCUT2D eigenvalue weighted by atomic mass is 10.0. The van der Waals surface area contributed by atoms with Gasteiger partial charge < -0.3 is 0 Å². The Morgan fingerprint density at radius 1 is 1.05 bits per heavy atom. The van der Waals surface area contributed by atoms with E-state index in [1.807, 2.05) is 35.2 Å². The van der Waals surface area contributed by atoms with Crippen molar-refractivity contribution in [1.29, 1.82) is 0 Å². The van der Waals surface area contributed by atoms with Crippen molar-refractivity contribution in [2.75, 3.05) is 11.5 Å². The van der Waals surface area contributed by atoms with Crippen molar-refractivity contribution in [3.8, 4) is 0 Å². The predicted octanol–water partition coefficient (Wildman–Crippen LogP) is 1.69. The summed E-state index contributed by atoms with van der Waals surface area (Å²) in [4.78, 5) is 0. The first-order valence-electron chi connectivity index (χ1n) is 7.40. The zero-order valence-corrected chi connectivity index (χ0v) is 13.9. The van der Waals surface area contributed by atoms with Crippen LogP contribution in [0, 0.1) is 0 Å². The van der Waals surface area contributed by atoms with Gasteiger partial charge >= 0.3 is 9.91 Å². The minimum absolute atomic E-state index is 0.858. The van der Waals surface area contributed by atoms with Crippen LogP contribution < -0.4 is 5.16 Å². The lowest BCUT2D eigenvalue weighted by molar-refractivity contribution is -0.735. The average molecular weight is 329 g/mol. The number of hydrogen-bond acceptors (Lipinski definition) is 2. The van der Waals surface area contributed by atoms with E-state index in [0.717, 1.165) is 35.6 Å². The van der Waals surface area contributed by atoms with Gasteiger partial charge in [-0.1, -0.05) is 60.3 Å². The second-order valence-electron chi connectivity index (χ2n) is 5.11. The second-order valence-corrected chi connectivity index (χ2v) is 7.58. The smallest absolute Gasteiger partial charge is 0.292 e. The Balaban J connectivity index is 1.72. The molecule has 2 aromatic carbocycles. The molecule has 0 aliphatic carbocycles. The summed E-state index contributed by atoms with van der Waals surface area (Å²) in [5.74, 6) is 2.07. The minimum atomic E-state index is 0.858. The molecule has 2 aromatic rings. The van der Waals surface area contributed by atoms with Gasteiger partial charge in [-0.2, -0.15) is 0 Å². The quantitative estimate of drug-likeness (QED) is 0.389. The Hall–Kier alpha value is -1.65. The van der Waals surface area contributed by atoms with Crippen LogP contribution in [0.1, 0.15) is 16.7 Å². The van der Waals surface area contributed by atoms with Crippen molar-refractivity contribution in [3.63, 3.8) is 0 Å². The molecule has 0 radical (unpaired) electrons. The van der Waals surface area contributed by atoms with E-state index < -0.39 is 0 Å². The fourth-order valence-corrected chi connectivity index (χ4v) is 5.01. The van der Waals surface area contributed by atoms with Gasteiger partial charge in [0.25, 0.3) is 0 Å². The summed E-state index contributed by atoms with van der Waals surface area (Å²) in [6.07, 6.45) is 2.07. The third kappa shape index (κ3) is 3.57. The lowest BCUT2D eigenvalue weighted by Crippen LogP contribution is -2.71. The number of nitrogens with one attached hydrogen (secondary N) is 1. The molecule has 22 heavy (non-hydrogen) atoms. The number of hydrogen-bond donors (Lipinski definition) is 2. The molecule has 0 unspecified atom stereocenters.